The van der Waals surface area contributed by atoms with E-state index < -0.39 is 0 Å². The Morgan fingerprint density at radius 3 is 2.43 bits per heavy atom. The number of nitrogens with zero attached hydrogens (tertiary/aromatic N) is 1. The van der Waals surface area contributed by atoms with Gasteiger partial charge in [-0.15, -0.1) is 0 Å². The van der Waals surface area contributed by atoms with Crippen LogP contribution in [0.5, 0.6) is 0 Å². The molecule has 1 fully saturated rings. The summed E-state index contributed by atoms with van der Waals surface area (Å²) in [6, 6.07) is 0. The van der Waals surface area contributed by atoms with E-state index in [-0.39, 0.29) is 11.3 Å². The van der Waals surface area contributed by atoms with Crippen molar-refractivity contribution < 1.29 is 4.79 Å². The first-order valence-electron chi connectivity index (χ1n) is 5.12. The molecule has 0 aromatic heterocycles. The number of amides is 1. The fourth-order valence-corrected chi connectivity index (χ4v) is 1.99. The first-order valence-corrected chi connectivity index (χ1v) is 5.12. The van der Waals surface area contributed by atoms with Gasteiger partial charge in [-0.3, -0.25) is 4.79 Å². The third-order valence-electron chi connectivity index (χ3n) is 3.01. The molecule has 0 aliphatic heterocycles. The van der Waals surface area contributed by atoms with Crippen LogP contribution >= 0.6 is 0 Å². The van der Waals surface area contributed by atoms with Crippen LogP contribution in [0.2, 0.25) is 0 Å². The van der Waals surface area contributed by atoms with Gasteiger partial charge < -0.3 is 10.6 Å². The van der Waals surface area contributed by atoms with Gasteiger partial charge in [0.05, 0.1) is 5.41 Å². The summed E-state index contributed by atoms with van der Waals surface area (Å²) in [5, 5.41) is 0. The van der Waals surface area contributed by atoms with E-state index in [4.69, 9.17) is 5.73 Å². The van der Waals surface area contributed by atoms with Gasteiger partial charge in [-0.05, 0) is 19.8 Å². The molecule has 3 heteroatoms. The zero-order valence-electron chi connectivity index (χ0n) is 9.18. The largest absolute Gasteiger partial charge is 0.341 e. The predicted molar refractivity (Wildman–Crippen MR) is 57.8 cm³/mol. The van der Waals surface area contributed by atoms with E-state index in [2.05, 4.69) is 6.58 Å². The van der Waals surface area contributed by atoms with Gasteiger partial charge in [-0.1, -0.05) is 18.6 Å². The number of nitrogens with two attached hydrogens (primary N) is 1. The molecule has 14 heavy (non-hydrogen) atoms. The second-order valence-corrected chi connectivity index (χ2v) is 4.46. The van der Waals surface area contributed by atoms with Crippen LogP contribution in [0.25, 0.3) is 0 Å². The minimum atomic E-state index is -0.246. The highest BCUT2D eigenvalue weighted by Gasteiger charge is 2.44. The molecule has 1 rings (SSSR count). The van der Waals surface area contributed by atoms with Crippen molar-refractivity contribution in [1.82, 2.24) is 4.90 Å². The Bertz CT molecular complexity index is 238. The maximum atomic E-state index is 12.0. The van der Waals surface area contributed by atoms with Crippen molar-refractivity contribution in [1.29, 1.82) is 0 Å². The highest BCUT2D eigenvalue weighted by atomic mass is 16.2. The summed E-state index contributed by atoms with van der Waals surface area (Å²) in [6.07, 6.45) is 3.02. The monoisotopic (exact) mass is 196 g/mol. The van der Waals surface area contributed by atoms with Crippen LogP contribution < -0.4 is 5.73 Å². The van der Waals surface area contributed by atoms with Crippen molar-refractivity contribution in [2.75, 3.05) is 20.1 Å². The highest BCUT2D eigenvalue weighted by molar-refractivity contribution is 5.83. The number of carbonyl (C=O) groups is 1. The maximum absolute atomic E-state index is 12.0. The topological polar surface area (TPSA) is 46.3 Å². The lowest BCUT2D eigenvalue weighted by atomic mass is 9.68. The second-order valence-electron chi connectivity index (χ2n) is 4.46. The van der Waals surface area contributed by atoms with Crippen LogP contribution in [-0.4, -0.2) is 30.9 Å². The van der Waals surface area contributed by atoms with Crippen molar-refractivity contribution in [3.05, 3.63) is 12.2 Å². The molecule has 0 radical (unpaired) electrons. The molecule has 1 aliphatic carbocycles. The molecule has 1 aliphatic rings. The minimum Gasteiger partial charge on any atom is -0.341 e. The standard InChI is InChI=1S/C11H20N2O/c1-9(2)7-13(3)10(14)11(8-12)5-4-6-11/h1,4-8,12H2,2-3H3. The molecular weight excluding hydrogens is 176 g/mol. The molecule has 0 aromatic carbocycles. The van der Waals surface area contributed by atoms with Gasteiger partial charge in [-0.25, -0.2) is 0 Å². The molecule has 0 unspecified atom stereocenters. The zero-order valence-corrected chi connectivity index (χ0v) is 9.18. The van der Waals surface area contributed by atoms with E-state index in [9.17, 15) is 4.79 Å². The first kappa shape index (κ1) is 11.2. The summed E-state index contributed by atoms with van der Waals surface area (Å²) < 4.78 is 0. The molecule has 0 bridgehead atoms. The molecule has 0 saturated heterocycles. The third-order valence-corrected chi connectivity index (χ3v) is 3.01. The van der Waals surface area contributed by atoms with E-state index in [1.54, 1.807) is 4.90 Å². The Balaban J connectivity index is 2.59. The first-order chi connectivity index (χ1) is 6.52. The van der Waals surface area contributed by atoms with E-state index in [1.807, 2.05) is 14.0 Å². The fourth-order valence-electron chi connectivity index (χ4n) is 1.99. The Morgan fingerprint density at radius 1 is 1.57 bits per heavy atom. The molecule has 1 amide bonds. The van der Waals surface area contributed by atoms with Gasteiger partial charge in [0.2, 0.25) is 5.91 Å². The number of hydrogen-bond donors (Lipinski definition) is 1. The minimum absolute atomic E-state index is 0.189. The van der Waals surface area contributed by atoms with Crippen LogP contribution in [0.15, 0.2) is 12.2 Å². The van der Waals surface area contributed by atoms with Gasteiger partial charge in [0.15, 0.2) is 0 Å². The molecule has 80 valence electrons. The number of hydrogen-bond acceptors (Lipinski definition) is 2. The average molecular weight is 196 g/mol. The van der Waals surface area contributed by atoms with Crippen molar-refractivity contribution in [3.8, 4) is 0 Å². The van der Waals surface area contributed by atoms with E-state index in [0.29, 0.717) is 13.1 Å². The summed E-state index contributed by atoms with van der Waals surface area (Å²) in [7, 11) is 1.83. The SMILES string of the molecule is C=C(C)CN(C)C(=O)C1(CN)CCC1. The van der Waals surface area contributed by atoms with Gasteiger partial charge in [0.25, 0.3) is 0 Å². The molecule has 2 N–H and O–H groups in total. The molecular formula is C11H20N2O. The Kier molecular flexibility index (Phi) is 3.32. The summed E-state index contributed by atoms with van der Waals surface area (Å²) in [5.41, 5.74) is 6.43. The second kappa shape index (κ2) is 4.13. The molecule has 1 saturated carbocycles. The van der Waals surface area contributed by atoms with E-state index >= 15 is 0 Å². The zero-order chi connectivity index (χ0) is 10.8. The van der Waals surface area contributed by atoms with Crippen molar-refractivity contribution in [2.45, 2.75) is 26.2 Å². The molecule has 3 nitrogen and oxygen atoms in total. The predicted octanol–water partition coefficient (Wildman–Crippen LogP) is 1.15. The van der Waals surface area contributed by atoms with Gasteiger partial charge >= 0.3 is 0 Å². The van der Waals surface area contributed by atoms with Crippen molar-refractivity contribution in [3.63, 3.8) is 0 Å². The maximum Gasteiger partial charge on any atom is 0.230 e. The lowest BCUT2D eigenvalue weighted by Gasteiger charge is -2.41. The summed E-state index contributed by atoms with van der Waals surface area (Å²) in [5.74, 6) is 0.189. The van der Waals surface area contributed by atoms with Crippen LogP contribution in [0.3, 0.4) is 0 Å². The van der Waals surface area contributed by atoms with Gasteiger partial charge in [0.1, 0.15) is 0 Å². The number of likely N-dealkylation sites (N-methyl/N-ethyl adjacent to an activating group) is 1. The van der Waals surface area contributed by atoms with Crippen LogP contribution in [-0.2, 0) is 4.79 Å². The highest BCUT2D eigenvalue weighted by Crippen LogP contribution is 2.41. The summed E-state index contributed by atoms with van der Waals surface area (Å²) >= 11 is 0. The lowest BCUT2D eigenvalue weighted by molar-refractivity contribution is -0.144. The van der Waals surface area contributed by atoms with Crippen molar-refractivity contribution in [2.24, 2.45) is 11.1 Å². The quantitative estimate of drug-likeness (QED) is 0.686. The molecule has 0 atom stereocenters. The van der Waals surface area contributed by atoms with Crippen LogP contribution in [0, 0.1) is 5.41 Å². The van der Waals surface area contributed by atoms with Crippen molar-refractivity contribution >= 4 is 5.91 Å². The van der Waals surface area contributed by atoms with E-state index in [0.717, 1.165) is 24.8 Å². The Labute approximate surface area is 86.0 Å². The fraction of sp³-hybridized carbons (Fsp3) is 0.727. The van der Waals surface area contributed by atoms with Gasteiger partial charge in [0, 0.05) is 20.1 Å². The molecule has 0 heterocycles. The smallest absolute Gasteiger partial charge is 0.230 e. The van der Waals surface area contributed by atoms with Crippen LogP contribution in [0.4, 0.5) is 0 Å². The van der Waals surface area contributed by atoms with Gasteiger partial charge in [-0.2, -0.15) is 0 Å². The third kappa shape index (κ3) is 1.98. The lowest BCUT2D eigenvalue weighted by Crippen LogP contribution is -2.51. The number of carbonyl (C=O) groups excluding carboxylic acids is 1. The number of rotatable bonds is 4. The van der Waals surface area contributed by atoms with Crippen LogP contribution in [0.1, 0.15) is 26.2 Å². The Hall–Kier alpha value is -0.830. The van der Waals surface area contributed by atoms with E-state index in [1.165, 1.54) is 0 Å². The Morgan fingerprint density at radius 2 is 2.14 bits per heavy atom. The molecule has 0 aromatic rings. The average Bonchev–Trinajstić information content (AvgIpc) is 2.01. The summed E-state index contributed by atoms with van der Waals surface area (Å²) in [6.45, 7) is 6.85. The summed E-state index contributed by atoms with van der Waals surface area (Å²) in [4.78, 5) is 13.8. The normalized spacial score (nSPS) is 18.5. The molecule has 0 spiro atoms.